The second kappa shape index (κ2) is 7.84. The molecule has 0 N–H and O–H groups in total. The summed E-state index contributed by atoms with van der Waals surface area (Å²) in [5.41, 5.74) is 0. The van der Waals surface area contributed by atoms with Gasteiger partial charge in [0.1, 0.15) is 0 Å². The summed E-state index contributed by atoms with van der Waals surface area (Å²) in [5.74, 6) is 0.173. The van der Waals surface area contributed by atoms with Gasteiger partial charge in [0.25, 0.3) is 0 Å². The minimum absolute atomic E-state index is 0.173. The Balaban J connectivity index is 3.60. The Bertz CT molecular complexity index is 154. The van der Waals surface area contributed by atoms with E-state index in [2.05, 4.69) is 13.5 Å². The van der Waals surface area contributed by atoms with Crippen LogP contribution in [-0.2, 0) is 4.79 Å². The fourth-order valence-corrected chi connectivity index (χ4v) is 1.23. The third-order valence-corrected chi connectivity index (χ3v) is 2.10. The SMILES string of the molecule is C=CN(CCCCCC)C(=O)CC. The molecule has 0 unspecified atom stereocenters. The van der Waals surface area contributed by atoms with Gasteiger partial charge in [0, 0.05) is 13.0 Å². The molecule has 0 saturated heterocycles. The molecule has 0 heterocycles. The van der Waals surface area contributed by atoms with Gasteiger partial charge in [0.05, 0.1) is 0 Å². The van der Waals surface area contributed by atoms with Crippen molar-refractivity contribution in [2.75, 3.05) is 6.54 Å². The zero-order valence-electron chi connectivity index (χ0n) is 8.88. The quantitative estimate of drug-likeness (QED) is 0.556. The molecule has 0 aromatic rings. The number of carbonyl (C=O) groups is 1. The minimum atomic E-state index is 0.173. The van der Waals surface area contributed by atoms with E-state index >= 15 is 0 Å². The molecule has 0 bridgehead atoms. The molecule has 13 heavy (non-hydrogen) atoms. The summed E-state index contributed by atoms with van der Waals surface area (Å²) in [4.78, 5) is 13.0. The summed E-state index contributed by atoms with van der Waals surface area (Å²) in [6.45, 7) is 8.53. The average molecular weight is 183 g/mol. The predicted molar refractivity (Wildman–Crippen MR) is 56.3 cm³/mol. The first kappa shape index (κ1) is 12.2. The number of nitrogens with zero attached hydrogens (tertiary/aromatic N) is 1. The normalized spacial score (nSPS) is 9.69. The van der Waals surface area contributed by atoms with Crippen molar-refractivity contribution >= 4 is 5.91 Å². The molecule has 0 aliphatic carbocycles. The highest BCUT2D eigenvalue weighted by Gasteiger charge is 2.05. The van der Waals surface area contributed by atoms with E-state index in [-0.39, 0.29) is 5.91 Å². The largest absolute Gasteiger partial charge is 0.320 e. The zero-order valence-corrected chi connectivity index (χ0v) is 8.88. The van der Waals surface area contributed by atoms with Crippen LogP contribution in [-0.4, -0.2) is 17.4 Å². The lowest BCUT2D eigenvalue weighted by molar-refractivity contribution is -0.128. The van der Waals surface area contributed by atoms with Crippen LogP contribution in [0, 0.1) is 0 Å². The Kier molecular flexibility index (Phi) is 7.36. The lowest BCUT2D eigenvalue weighted by Crippen LogP contribution is -2.25. The molecule has 0 aliphatic rings. The van der Waals surface area contributed by atoms with Crippen LogP contribution in [0.5, 0.6) is 0 Å². The lowest BCUT2D eigenvalue weighted by Gasteiger charge is -2.16. The van der Waals surface area contributed by atoms with Gasteiger partial charge in [-0.25, -0.2) is 0 Å². The number of hydrogen-bond donors (Lipinski definition) is 0. The predicted octanol–water partition coefficient (Wildman–Crippen LogP) is 2.95. The molecule has 0 spiro atoms. The van der Waals surface area contributed by atoms with Crippen molar-refractivity contribution in [3.05, 3.63) is 12.8 Å². The van der Waals surface area contributed by atoms with Crippen molar-refractivity contribution in [2.45, 2.75) is 46.0 Å². The Morgan fingerprint density at radius 1 is 1.31 bits per heavy atom. The van der Waals surface area contributed by atoms with Crippen LogP contribution in [0.25, 0.3) is 0 Å². The monoisotopic (exact) mass is 183 g/mol. The van der Waals surface area contributed by atoms with E-state index in [0.29, 0.717) is 6.42 Å². The Labute approximate surface area is 81.6 Å². The fourth-order valence-electron chi connectivity index (χ4n) is 1.23. The van der Waals surface area contributed by atoms with Crippen molar-refractivity contribution in [3.8, 4) is 0 Å². The van der Waals surface area contributed by atoms with Gasteiger partial charge < -0.3 is 4.90 Å². The molecule has 0 aliphatic heterocycles. The van der Waals surface area contributed by atoms with Gasteiger partial charge in [-0.2, -0.15) is 0 Å². The fraction of sp³-hybridized carbons (Fsp3) is 0.727. The summed E-state index contributed by atoms with van der Waals surface area (Å²) in [5, 5.41) is 0. The summed E-state index contributed by atoms with van der Waals surface area (Å²) in [6, 6.07) is 0. The molecule has 0 aromatic heterocycles. The summed E-state index contributed by atoms with van der Waals surface area (Å²) in [6.07, 6.45) is 6.99. The number of carbonyl (C=O) groups excluding carboxylic acids is 1. The second-order valence-corrected chi connectivity index (χ2v) is 3.18. The maximum Gasteiger partial charge on any atom is 0.226 e. The van der Waals surface area contributed by atoms with Crippen LogP contribution in [0.3, 0.4) is 0 Å². The highest BCUT2D eigenvalue weighted by atomic mass is 16.2. The molecular formula is C11H21NO. The molecule has 0 saturated carbocycles. The molecule has 2 nitrogen and oxygen atoms in total. The van der Waals surface area contributed by atoms with Crippen LogP contribution in [0.1, 0.15) is 46.0 Å². The number of amides is 1. The molecule has 1 amide bonds. The molecule has 76 valence electrons. The van der Waals surface area contributed by atoms with Crippen LogP contribution < -0.4 is 0 Å². The Morgan fingerprint density at radius 2 is 2.00 bits per heavy atom. The maximum atomic E-state index is 11.3. The minimum Gasteiger partial charge on any atom is -0.320 e. The van der Waals surface area contributed by atoms with Gasteiger partial charge in [0.2, 0.25) is 5.91 Å². The van der Waals surface area contributed by atoms with E-state index in [1.807, 2.05) is 6.92 Å². The number of hydrogen-bond acceptors (Lipinski definition) is 1. The number of rotatable bonds is 7. The molecule has 0 aromatic carbocycles. The van der Waals surface area contributed by atoms with E-state index in [4.69, 9.17) is 0 Å². The van der Waals surface area contributed by atoms with Crippen LogP contribution >= 0.6 is 0 Å². The Hall–Kier alpha value is -0.790. The lowest BCUT2D eigenvalue weighted by atomic mass is 10.2. The third kappa shape index (κ3) is 5.45. The third-order valence-electron chi connectivity index (χ3n) is 2.10. The van der Waals surface area contributed by atoms with Crippen LogP contribution in [0.2, 0.25) is 0 Å². The zero-order chi connectivity index (χ0) is 10.1. The summed E-state index contributed by atoms with van der Waals surface area (Å²) < 4.78 is 0. The van der Waals surface area contributed by atoms with E-state index in [9.17, 15) is 4.79 Å². The molecule has 0 radical (unpaired) electrons. The first-order valence-corrected chi connectivity index (χ1v) is 5.18. The molecule has 2 heteroatoms. The van der Waals surface area contributed by atoms with Crippen LogP contribution in [0.4, 0.5) is 0 Å². The molecular weight excluding hydrogens is 162 g/mol. The molecule has 0 atom stereocenters. The first-order valence-electron chi connectivity index (χ1n) is 5.18. The van der Waals surface area contributed by atoms with E-state index < -0.39 is 0 Å². The maximum absolute atomic E-state index is 11.3. The van der Waals surface area contributed by atoms with Gasteiger partial charge in [-0.05, 0) is 12.6 Å². The average Bonchev–Trinajstić information content (AvgIpc) is 2.17. The Morgan fingerprint density at radius 3 is 2.46 bits per heavy atom. The van der Waals surface area contributed by atoms with Crippen molar-refractivity contribution in [2.24, 2.45) is 0 Å². The van der Waals surface area contributed by atoms with Gasteiger partial charge in [-0.3, -0.25) is 4.79 Å². The van der Waals surface area contributed by atoms with E-state index in [1.165, 1.54) is 19.3 Å². The molecule has 0 rings (SSSR count). The van der Waals surface area contributed by atoms with Gasteiger partial charge in [0.15, 0.2) is 0 Å². The van der Waals surface area contributed by atoms with Crippen molar-refractivity contribution in [3.63, 3.8) is 0 Å². The van der Waals surface area contributed by atoms with Crippen LogP contribution in [0.15, 0.2) is 12.8 Å². The first-order chi connectivity index (χ1) is 6.26. The summed E-state index contributed by atoms with van der Waals surface area (Å²) in [7, 11) is 0. The van der Waals surface area contributed by atoms with E-state index in [1.54, 1.807) is 11.1 Å². The van der Waals surface area contributed by atoms with Gasteiger partial charge in [-0.15, -0.1) is 0 Å². The summed E-state index contributed by atoms with van der Waals surface area (Å²) >= 11 is 0. The van der Waals surface area contributed by atoms with Gasteiger partial charge >= 0.3 is 0 Å². The number of unbranched alkanes of at least 4 members (excludes halogenated alkanes) is 3. The second-order valence-electron chi connectivity index (χ2n) is 3.18. The smallest absolute Gasteiger partial charge is 0.226 e. The topological polar surface area (TPSA) is 20.3 Å². The van der Waals surface area contributed by atoms with Crippen molar-refractivity contribution in [1.29, 1.82) is 0 Å². The standard InChI is InChI=1S/C11H21NO/c1-4-7-8-9-10-12(6-3)11(13)5-2/h6H,3-5,7-10H2,1-2H3. The molecule has 0 fully saturated rings. The highest BCUT2D eigenvalue weighted by Crippen LogP contribution is 2.02. The van der Waals surface area contributed by atoms with E-state index in [0.717, 1.165) is 13.0 Å². The van der Waals surface area contributed by atoms with Gasteiger partial charge in [-0.1, -0.05) is 39.7 Å². The van der Waals surface area contributed by atoms with Crippen molar-refractivity contribution in [1.82, 2.24) is 4.90 Å². The highest BCUT2D eigenvalue weighted by molar-refractivity contribution is 5.76. The van der Waals surface area contributed by atoms with Crippen molar-refractivity contribution < 1.29 is 4.79 Å².